The molecule has 132 valence electrons. The molecule has 0 aliphatic rings. The third-order valence-electron chi connectivity index (χ3n) is 3.98. The minimum Gasteiger partial charge on any atom is -0.343 e. The van der Waals surface area contributed by atoms with Gasteiger partial charge in [-0.2, -0.15) is 5.10 Å². The molecule has 0 bridgehead atoms. The van der Waals surface area contributed by atoms with Gasteiger partial charge in [0.05, 0.1) is 12.2 Å². The molecule has 0 spiro atoms. The molecule has 2 amide bonds. The lowest BCUT2D eigenvalue weighted by atomic mass is 10.1. The van der Waals surface area contributed by atoms with Gasteiger partial charge in [0.2, 0.25) is 5.91 Å². The third kappa shape index (κ3) is 4.16. The molecule has 6 nitrogen and oxygen atoms in total. The number of hydrogen-bond acceptors (Lipinski definition) is 3. The zero-order valence-corrected chi connectivity index (χ0v) is 14.5. The number of aryl methyl sites for hydroxylation is 1. The number of hydrogen-bond donors (Lipinski definition) is 2. The predicted molar refractivity (Wildman–Crippen MR) is 100 cm³/mol. The van der Waals surface area contributed by atoms with Crippen molar-refractivity contribution in [2.45, 2.75) is 13.3 Å². The molecule has 2 aromatic carbocycles. The van der Waals surface area contributed by atoms with Crippen LogP contribution in [0, 0.1) is 0 Å². The quantitative estimate of drug-likeness (QED) is 0.719. The van der Waals surface area contributed by atoms with E-state index >= 15 is 0 Å². The largest absolute Gasteiger partial charge is 0.343 e. The van der Waals surface area contributed by atoms with Crippen LogP contribution in [0.5, 0.6) is 0 Å². The lowest BCUT2D eigenvalue weighted by Gasteiger charge is -2.10. The lowest BCUT2D eigenvalue weighted by Crippen LogP contribution is -2.33. The van der Waals surface area contributed by atoms with Gasteiger partial charge in [-0.25, -0.2) is 4.68 Å². The first-order chi connectivity index (χ1) is 12.7. The molecule has 0 fully saturated rings. The molecule has 0 aliphatic carbocycles. The first-order valence-corrected chi connectivity index (χ1v) is 8.43. The van der Waals surface area contributed by atoms with E-state index in [4.69, 9.17) is 0 Å². The van der Waals surface area contributed by atoms with E-state index in [-0.39, 0.29) is 18.4 Å². The molecule has 0 aliphatic heterocycles. The maximum atomic E-state index is 12.2. The van der Waals surface area contributed by atoms with E-state index in [1.54, 1.807) is 35.1 Å². The van der Waals surface area contributed by atoms with Crippen molar-refractivity contribution in [1.29, 1.82) is 0 Å². The first-order valence-electron chi connectivity index (χ1n) is 8.43. The number of benzene rings is 2. The lowest BCUT2D eigenvalue weighted by molar-refractivity contribution is -0.115. The zero-order valence-electron chi connectivity index (χ0n) is 14.5. The fraction of sp³-hybridized carbons (Fsp3) is 0.150. The van der Waals surface area contributed by atoms with Crippen LogP contribution in [0.3, 0.4) is 0 Å². The van der Waals surface area contributed by atoms with Gasteiger partial charge in [-0.05, 0) is 48.4 Å². The number of amides is 2. The number of para-hydroxylation sites is 1. The number of carbonyl (C=O) groups is 2. The van der Waals surface area contributed by atoms with Crippen LogP contribution in [0.25, 0.3) is 5.69 Å². The summed E-state index contributed by atoms with van der Waals surface area (Å²) in [6.45, 7) is 1.94. The zero-order chi connectivity index (χ0) is 18.4. The highest BCUT2D eigenvalue weighted by Gasteiger charge is 2.10. The highest BCUT2D eigenvalue weighted by molar-refractivity contribution is 5.99. The maximum Gasteiger partial charge on any atom is 0.251 e. The van der Waals surface area contributed by atoms with E-state index in [1.165, 1.54) is 0 Å². The predicted octanol–water partition coefficient (Wildman–Crippen LogP) is 2.80. The van der Waals surface area contributed by atoms with Gasteiger partial charge in [-0.1, -0.05) is 25.1 Å². The molecule has 1 aromatic heterocycles. The molecule has 3 rings (SSSR count). The number of rotatable bonds is 6. The van der Waals surface area contributed by atoms with E-state index in [9.17, 15) is 9.59 Å². The highest BCUT2D eigenvalue weighted by atomic mass is 16.2. The Bertz CT molecular complexity index is 886. The molecule has 0 radical (unpaired) electrons. The third-order valence-corrected chi connectivity index (χ3v) is 3.98. The van der Waals surface area contributed by atoms with Crippen LogP contribution in [0.4, 0.5) is 5.69 Å². The molecule has 26 heavy (non-hydrogen) atoms. The molecule has 0 saturated heterocycles. The van der Waals surface area contributed by atoms with Crippen molar-refractivity contribution in [3.05, 3.63) is 78.1 Å². The van der Waals surface area contributed by atoms with Crippen LogP contribution in [-0.2, 0) is 11.2 Å². The number of carbonyl (C=O) groups excluding carboxylic acids is 2. The molecule has 0 saturated carbocycles. The van der Waals surface area contributed by atoms with Gasteiger partial charge in [0.1, 0.15) is 0 Å². The van der Waals surface area contributed by atoms with Crippen LogP contribution in [0.2, 0.25) is 0 Å². The number of anilines is 1. The van der Waals surface area contributed by atoms with E-state index in [0.717, 1.165) is 23.4 Å². The molecule has 1 heterocycles. The van der Waals surface area contributed by atoms with Crippen LogP contribution >= 0.6 is 0 Å². The van der Waals surface area contributed by atoms with Crippen molar-refractivity contribution in [2.75, 3.05) is 11.9 Å². The Hall–Kier alpha value is -3.41. The Morgan fingerprint density at radius 3 is 2.50 bits per heavy atom. The summed E-state index contributed by atoms with van der Waals surface area (Å²) in [4.78, 5) is 24.3. The van der Waals surface area contributed by atoms with Crippen LogP contribution in [0.1, 0.15) is 22.8 Å². The summed E-state index contributed by atoms with van der Waals surface area (Å²) in [5.74, 6) is -0.552. The molecule has 6 heteroatoms. The minimum atomic E-state index is -0.295. The molecule has 0 atom stereocenters. The van der Waals surface area contributed by atoms with Gasteiger partial charge in [-0.15, -0.1) is 0 Å². The van der Waals surface area contributed by atoms with E-state index in [0.29, 0.717) is 5.56 Å². The Labute approximate surface area is 151 Å². The summed E-state index contributed by atoms with van der Waals surface area (Å²) >= 11 is 0. The second-order valence-corrected chi connectivity index (χ2v) is 5.74. The minimum absolute atomic E-state index is 0.0855. The number of nitrogens with zero attached hydrogens (tertiary/aromatic N) is 2. The Kier molecular flexibility index (Phi) is 5.43. The van der Waals surface area contributed by atoms with Crippen molar-refractivity contribution in [3.63, 3.8) is 0 Å². The highest BCUT2D eigenvalue weighted by Crippen LogP contribution is 2.15. The molecule has 0 unspecified atom stereocenters. The number of aromatic nitrogens is 2. The molecular formula is C20H20N4O2. The summed E-state index contributed by atoms with van der Waals surface area (Å²) in [6, 6.07) is 16.5. The summed E-state index contributed by atoms with van der Waals surface area (Å²) in [5, 5.41) is 9.61. The van der Waals surface area contributed by atoms with E-state index in [1.807, 2.05) is 43.5 Å². The molecular weight excluding hydrogens is 328 g/mol. The number of nitrogens with one attached hydrogen (secondary N) is 2. The Balaban J connectivity index is 1.55. The van der Waals surface area contributed by atoms with Crippen molar-refractivity contribution in [1.82, 2.24) is 15.1 Å². The van der Waals surface area contributed by atoms with E-state index < -0.39 is 0 Å². The van der Waals surface area contributed by atoms with Gasteiger partial charge in [-0.3, -0.25) is 9.59 Å². The van der Waals surface area contributed by atoms with Crippen molar-refractivity contribution < 1.29 is 9.59 Å². The summed E-state index contributed by atoms with van der Waals surface area (Å²) in [5.41, 5.74) is 3.18. The maximum absolute atomic E-state index is 12.2. The SMILES string of the molecule is CCc1ccccc1NC(=O)CNC(=O)c1ccc(-n2cccn2)cc1. The van der Waals surface area contributed by atoms with Crippen LogP contribution in [-0.4, -0.2) is 28.1 Å². The van der Waals surface area contributed by atoms with Crippen LogP contribution < -0.4 is 10.6 Å². The van der Waals surface area contributed by atoms with Gasteiger partial charge < -0.3 is 10.6 Å². The van der Waals surface area contributed by atoms with Crippen molar-refractivity contribution >= 4 is 17.5 Å². The molecule has 3 aromatic rings. The monoisotopic (exact) mass is 348 g/mol. The van der Waals surface area contributed by atoms with Crippen molar-refractivity contribution in [3.8, 4) is 5.69 Å². The Morgan fingerprint density at radius 1 is 1.04 bits per heavy atom. The average molecular weight is 348 g/mol. The summed E-state index contributed by atoms with van der Waals surface area (Å²) in [7, 11) is 0. The summed E-state index contributed by atoms with van der Waals surface area (Å²) < 4.78 is 1.71. The van der Waals surface area contributed by atoms with Crippen LogP contribution in [0.15, 0.2) is 67.0 Å². The second-order valence-electron chi connectivity index (χ2n) is 5.74. The van der Waals surface area contributed by atoms with Gasteiger partial charge in [0, 0.05) is 23.6 Å². The summed E-state index contributed by atoms with van der Waals surface area (Å²) in [6.07, 6.45) is 4.34. The van der Waals surface area contributed by atoms with E-state index in [2.05, 4.69) is 15.7 Å². The van der Waals surface area contributed by atoms with Gasteiger partial charge in [0.25, 0.3) is 5.91 Å². The average Bonchev–Trinajstić information content (AvgIpc) is 3.21. The fourth-order valence-electron chi connectivity index (χ4n) is 2.59. The van der Waals surface area contributed by atoms with Gasteiger partial charge in [0.15, 0.2) is 0 Å². The second kappa shape index (κ2) is 8.11. The molecule has 2 N–H and O–H groups in total. The van der Waals surface area contributed by atoms with Crippen molar-refractivity contribution in [2.24, 2.45) is 0 Å². The van der Waals surface area contributed by atoms with Gasteiger partial charge >= 0.3 is 0 Å². The first kappa shape index (κ1) is 17.4. The standard InChI is InChI=1S/C20H20N4O2/c1-2-15-6-3-4-7-18(15)23-19(25)14-21-20(26)16-8-10-17(11-9-16)24-13-5-12-22-24/h3-13H,2,14H2,1H3,(H,21,26)(H,23,25). The normalized spacial score (nSPS) is 10.3. The topological polar surface area (TPSA) is 76.0 Å². The fourth-order valence-corrected chi connectivity index (χ4v) is 2.59. The smallest absolute Gasteiger partial charge is 0.251 e. The Morgan fingerprint density at radius 2 is 1.81 bits per heavy atom.